The molecule has 2 aromatic carbocycles. The highest BCUT2D eigenvalue weighted by Gasteiger charge is 2.19. The van der Waals surface area contributed by atoms with Crippen LogP contribution in [0.15, 0.2) is 46.8 Å². The standard InChI is InChI=1S/C22H21N3O4S/c1-27-7-6-25-18(14-2-4-17-15(10-14)11-21(26)24-17)13-30-22(25)23-16-3-5-19-20(12-16)29-9-8-28-19/h2-5,10,12-13H,6-9,11H2,1H3,(H,24,26). The Balaban J connectivity index is 1.55. The molecular weight excluding hydrogens is 402 g/mol. The molecule has 2 aliphatic heterocycles. The molecule has 0 unspecified atom stereocenters. The maximum atomic E-state index is 11.7. The van der Waals surface area contributed by atoms with Crippen molar-refractivity contribution in [2.75, 3.05) is 32.2 Å². The SMILES string of the molecule is COCCn1c(-c2ccc3c(c2)CC(=O)N3)csc1=Nc1ccc2c(c1)OCCO2. The zero-order valence-electron chi connectivity index (χ0n) is 16.5. The number of ether oxygens (including phenoxy) is 3. The van der Waals surface area contributed by atoms with Crippen molar-refractivity contribution < 1.29 is 19.0 Å². The van der Waals surface area contributed by atoms with E-state index in [0.29, 0.717) is 32.8 Å². The number of amides is 1. The highest BCUT2D eigenvalue weighted by molar-refractivity contribution is 7.07. The number of nitrogens with one attached hydrogen (secondary N) is 1. The van der Waals surface area contributed by atoms with E-state index in [1.807, 2.05) is 30.3 Å². The van der Waals surface area contributed by atoms with Crippen LogP contribution >= 0.6 is 11.3 Å². The lowest BCUT2D eigenvalue weighted by Gasteiger charge is -2.18. The number of anilines is 1. The van der Waals surface area contributed by atoms with Crippen molar-refractivity contribution in [1.29, 1.82) is 0 Å². The third-order valence-corrected chi connectivity index (χ3v) is 5.96. The molecule has 30 heavy (non-hydrogen) atoms. The van der Waals surface area contributed by atoms with Gasteiger partial charge in [-0.1, -0.05) is 6.07 Å². The average Bonchev–Trinajstić information content (AvgIpc) is 3.33. The van der Waals surface area contributed by atoms with Crippen LogP contribution in [-0.4, -0.2) is 37.4 Å². The number of carbonyl (C=O) groups excluding carboxylic acids is 1. The molecule has 0 atom stereocenters. The van der Waals surface area contributed by atoms with Gasteiger partial charge < -0.3 is 24.1 Å². The molecule has 5 rings (SSSR count). The highest BCUT2D eigenvalue weighted by atomic mass is 32.1. The predicted molar refractivity (Wildman–Crippen MR) is 115 cm³/mol. The van der Waals surface area contributed by atoms with Gasteiger partial charge in [-0.15, -0.1) is 11.3 Å². The first-order chi connectivity index (χ1) is 14.7. The Morgan fingerprint density at radius 3 is 2.90 bits per heavy atom. The number of methoxy groups -OCH3 is 1. The summed E-state index contributed by atoms with van der Waals surface area (Å²) < 4.78 is 18.8. The molecule has 0 saturated heterocycles. The molecule has 0 spiro atoms. The number of aromatic nitrogens is 1. The van der Waals surface area contributed by atoms with Gasteiger partial charge in [0.1, 0.15) is 13.2 Å². The minimum Gasteiger partial charge on any atom is -0.486 e. The van der Waals surface area contributed by atoms with Crippen molar-refractivity contribution in [3.8, 4) is 22.8 Å². The quantitative estimate of drug-likeness (QED) is 0.683. The summed E-state index contributed by atoms with van der Waals surface area (Å²) in [5.41, 5.74) is 4.83. The van der Waals surface area contributed by atoms with Gasteiger partial charge in [0.15, 0.2) is 16.3 Å². The largest absolute Gasteiger partial charge is 0.486 e. The fraction of sp³-hybridized carbons (Fsp3) is 0.273. The molecule has 1 N–H and O–H groups in total. The molecule has 1 aromatic heterocycles. The van der Waals surface area contributed by atoms with E-state index in [1.54, 1.807) is 18.4 Å². The van der Waals surface area contributed by atoms with E-state index in [4.69, 9.17) is 19.2 Å². The molecule has 8 heteroatoms. The van der Waals surface area contributed by atoms with E-state index < -0.39 is 0 Å². The maximum Gasteiger partial charge on any atom is 0.228 e. The van der Waals surface area contributed by atoms with Gasteiger partial charge in [0.25, 0.3) is 0 Å². The first-order valence-electron chi connectivity index (χ1n) is 9.76. The van der Waals surface area contributed by atoms with E-state index in [-0.39, 0.29) is 5.91 Å². The number of benzene rings is 2. The molecule has 0 fully saturated rings. The Kier molecular flexibility index (Phi) is 5.02. The van der Waals surface area contributed by atoms with Crippen LogP contribution in [0.25, 0.3) is 11.3 Å². The van der Waals surface area contributed by atoms with Crippen LogP contribution in [0.5, 0.6) is 11.5 Å². The molecule has 3 aromatic rings. The Morgan fingerprint density at radius 2 is 2.03 bits per heavy atom. The lowest BCUT2D eigenvalue weighted by Crippen LogP contribution is -2.18. The van der Waals surface area contributed by atoms with E-state index in [9.17, 15) is 4.79 Å². The number of fused-ring (bicyclic) bond motifs is 2. The highest BCUT2D eigenvalue weighted by Crippen LogP contribution is 2.34. The fourth-order valence-corrected chi connectivity index (χ4v) is 4.60. The van der Waals surface area contributed by atoms with E-state index in [2.05, 4.69) is 21.3 Å². The van der Waals surface area contributed by atoms with Gasteiger partial charge in [-0.25, -0.2) is 4.99 Å². The Hall–Kier alpha value is -3.10. The van der Waals surface area contributed by atoms with Crippen LogP contribution in [0.2, 0.25) is 0 Å². The van der Waals surface area contributed by atoms with E-state index in [1.165, 1.54) is 0 Å². The zero-order valence-corrected chi connectivity index (χ0v) is 17.3. The fourth-order valence-electron chi connectivity index (χ4n) is 3.65. The Morgan fingerprint density at radius 1 is 1.17 bits per heavy atom. The lowest BCUT2D eigenvalue weighted by atomic mass is 10.1. The van der Waals surface area contributed by atoms with Gasteiger partial charge >= 0.3 is 0 Å². The number of hydrogen-bond acceptors (Lipinski definition) is 6. The first kappa shape index (κ1) is 18.9. The molecular formula is C22H21N3O4S. The van der Waals surface area contributed by atoms with Gasteiger partial charge in [0.2, 0.25) is 5.91 Å². The molecule has 7 nitrogen and oxygen atoms in total. The van der Waals surface area contributed by atoms with Crippen LogP contribution in [0.1, 0.15) is 5.56 Å². The number of rotatable bonds is 5. The third-order valence-electron chi connectivity index (χ3n) is 5.09. The summed E-state index contributed by atoms with van der Waals surface area (Å²) >= 11 is 1.57. The van der Waals surface area contributed by atoms with Crippen molar-refractivity contribution >= 4 is 28.6 Å². The molecule has 0 bridgehead atoms. The molecule has 1 amide bonds. The van der Waals surface area contributed by atoms with Crippen LogP contribution in [0.4, 0.5) is 11.4 Å². The summed E-state index contributed by atoms with van der Waals surface area (Å²) in [5, 5.41) is 4.98. The number of thiazole rings is 1. The smallest absolute Gasteiger partial charge is 0.228 e. The molecule has 2 aliphatic rings. The lowest BCUT2D eigenvalue weighted by molar-refractivity contribution is -0.115. The van der Waals surface area contributed by atoms with Crippen molar-refractivity contribution in [2.45, 2.75) is 13.0 Å². The van der Waals surface area contributed by atoms with Crippen LogP contribution in [0, 0.1) is 0 Å². The van der Waals surface area contributed by atoms with Crippen molar-refractivity contribution in [2.24, 2.45) is 4.99 Å². The van der Waals surface area contributed by atoms with Crippen LogP contribution in [0.3, 0.4) is 0 Å². The maximum absolute atomic E-state index is 11.7. The second-order valence-electron chi connectivity index (χ2n) is 7.08. The summed E-state index contributed by atoms with van der Waals surface area (Å²) in [6.07, 6.45) is 0.416. The topological polar surface area (TPSA) is 74.1 Å². The van der Waals surface area contributed by atoms with Gasteiger partial charge in [0, 0.05) is 30.8 Å². The molecule has 0 radical (unpaired) electrons. The average molecular weight is 423 g/mol. The molecule has 0 aliphatic carbocycles. The number of hydrogen-bond donors (Lipinski definition) is 1. The summed E-state index contributed by atoms with van der Waals surface area (Å²) in [6.45, 7) is 2.36. The summed E-state index contributed by atoms with van der Waals surface area (Å²) in [7, 11) is 1.69. The van der Waals surface area contributed by atoms with E-state index >= 15 is 0 Å². The summed E-state index contributed by atoms with van der Waals surface area (Å²) in [6, 6.07) is 11.8. The monoisotopic (exact) mass is 423 g/mol. The minimum atomic E-state index is 0.0361. The van der Waals surface area contributed by atoms with Crippen molar-refractivity contribution in [1.82, 2.24) is 4.57 Å². The van der Waals surface area contributed by atoms with Crippen molar-refractivity contribution in [3.05, 3.63) is 52.1 Å². The second kappa shape index (κ2) is 7.97. The first-order valence-corrected chi connectivity index (χ1v) is 10.6. The molecule has 154 valence electrons. The second-order valence-corrected chi connectivity index (χ2v) is 7.92. The number of nitrogens with zero attached hydrogens (tertiary/aromatic N) is 2. The predicted octanol–water partition coefficient (Wildman–Crippen LogP) is 3.36. The van der Waals surface area contributed by atoms with Crippen LogP contribution < -0.4 is 19.6 Å². The van der Waals surface area contributed by atoms with Gasteiger partial charge in [-0.2, -0.15) is 0 Å². The Labute approximate surface area is 177 Å². The summed E-state index contributed by atoms with van der Waals surface area (Å²) in [4.78, 5) is 17.4. The van der Waals surface area contributed by atoms with Crippen LogP contribution in [-0.2, 0) is 22.5 Å². The molecule has 0 saturated carbocycles. The third kappa shape index (κ3) is 3.59. The van der Waals surface area contributed by atoms with Gasteiger partial charge in [-0.05, 0) is 35.4 Å². The minimum absolute atomic E-state index is 0.0361. The normalized spacial score (nSPS) is 15.2. The number of carbonyl (C=O) groups is 1. The molecule has 3 heterocycles. The van der Waals surface area contributed by atoms with E-state index in [0.717, 1.165) is 44.5 Å². The van der Waals surface area contributed by atoms with Crippen molar-refractivity contribution in [3.63, 3.8) is 0 Å². The summed E-state index contributed by atoms with van der Waals surface area (Å²) in [5.74, 6) is 1.51. The van der Waals surface area contributed by atoms with Gasteiger partial charge in [0.05, 0.1) is 24.4 Å². The van der Waals surface area contributed by atoms with Gasteiger partial charge in [-0.3, -0.25) is 4.79 Å². The Bertz CT molecular complexity index is 1180. The zero-order chi connectivity index (χ0) is 20.5.